The number of benzene rings is 2. The van der Waals surface area contributed by atoms with E-state index in [4.69, 9.17) is 0 Å². The highest BCUT2D eigenvalue weighted by molar-refractivity contribution is 5.80. The van der Waals surface area contributed by atoms with Crippen LogP contribution in [0, 0.1) is 6.92 Å². The Kier molecular flexibility index (Phi) is 4.24. The van der Waals surface area contributed by atoms with Crippen molar-refractivity contribution in [2.24, 2.45) is 0 Å². The predicted octanol–water partition coefficient (Wildman–Crippen LogP) is 3.73. The third-order valence-corrected chi connectivity index (χ3v) is 4.00. The minimum absolute atomic E-state index is 0.0948. The molecule has 1 aromatic heterocycles. The van der Waals surface area contributed by atoms with E-state index in [9.17, 15) is 4.79 Å². The molecular formula is C19H20N2O. The molecule has 112 valence electrons. The molecule has 0 aliphatic heterocycles. The van der Waals surface area contributed by atoms with Gasteiger partial charge in [-0.15, -0.1) is 0 Å². The smallest absolute Gasteiger partial charge is 0.220 e. The first kappa shape index (κ1) is 14.4. The van der Waals surface area contributed by atoms with Crippen LogP contribution in [-0.2, 0) is 17.8 Å². The summed E-state index contributed by atoms with van der Waals surface area (Å²) in [6, 6.07) is 16.5. The van der Waals surface area contributed by atoms with E-state index in [0.717, 1.165) is 11.9 Å². The normalized spacial score (nSPS) is 10.8. The Labute approximate surface area is 130 Å². The minimum Gasteiger partial charge on any atom is -0.361 e. The van der Waals surface area contributed by atoms with Gasteiger partial charge < -0.3 is 10.3 Å². The van der Waals surface area contributed by atoms with Crippen LogP contribution in [0.1, 0.15) is 23.1 Å². The predicted molar refractivity (Wildman–Crippen MR) is 89.6 cm³/mol. The molecule has 1 heterocycles. The zero-order valence-corrected chi connectivity index (χ0v) is 12.7. The van der Waals surface area contributed by atoms with Crippen molar-refractivity contribution in [2.45, 2.75) is 26.3 Å². The fourth-order valence-electron chi connectivity index (χ4n) is 2.61. The summed E-state index contributed by atoms with van der Waals surface area (Å²) in [5.74, 6) is 0.0948. The lowest BCUT2D eigenvalue weighted by Crippen LogP contribution is -2.23. The maximum atomic E-state index is 12.0. The van der Waals surface area contributed by atoms with Gasteiger partial charge in [0.2, 0.25) is 5.91 Å². The molecule has 0 unspecified atom stereocenters. The molecule has 0 aliphatic rings. The molecular weight excluding hydrogens is 272 g/mol. The van der Waals surface area contributed by atoms with Crippen LogP contribution < -0.4 is 5.32 Å². The molecule has 3 heteroatoms. The molecule has 0 radical (unpaired) electrons. The molecule has 0 aliphatic carbocycles. The number of aromatic amines is 1. The van der Waals surface area contributed by atoms with E-state index in [1.807, 2.05) is 18.3 Å². The molecule has 2 N–H and O–H groups in total. The summed E-state index contributed by atoms with van der Waals surface area (Å²) in [7, 11) is 0. The van der Waals surface area contributed by atoms with Gasteiger partial charge in [-0.05, 0) is 53.6 Å². The Hall–Kier alpha value is -2.55. The first-order valence-electron chi connectivity index (χ1n) is 7.59. The molecule has 3 nitrogen and oxygen atoms in total. The van der Waals surface area contributed by atoms with Gasteiger partial charge in [0, 0.05) is 24.7 Å². The van der Waals surface area contributed by atoms with Gasteiger partial charge in [-0.2, -0.15) is 0 Å². The van der Waals surface area contributed by atoms with Crippen molar-refractivity contribution < 1.29 is 4.79 Å². The quantitative estimate of drug-likeness (QED) is 0.739. The molecule has 1 amide bonds. The number of fused-ring (bicyclic) bond motifs is 1. The Morgan fingerprint density at radius 3 is 2.86 bits per heavy atom. The van der Waals surface area contributed by atoms with Crippen molar-refractivity contribution in [3.63, 3.8) is 0 Å². The standard InChI is InChI=1S/C19H20N2O/c1-14-4-2-3-5-17(14)13-21-19(22)9-7-15-6-8-18-16(12-15)10-11-20-18/h2-6,8,10-12,20H,7,9,13H2,1H3,(H,21,22). The van der Waals surface area contributed by atoms with Crippen LogP contribution in [0.3, 0.4) is 0 Å². The summed E-state index contributed by atoms with van der Waals surface area (Å²) in [6.45, 7) is 2.66. The van der Waals surface area contributed by atoms with E-state index < -0.39 is 0 Å². The highest BCUT2D eigenvalue weighted by Crippen LogP contribution is 2.15. The van der Waals surface area contributed by atoms with Crippen molar-refractivity contribution in [1.82, 2.24) is 10.3 Å². The largest absolute Gasteiger partial charge is 0.361 e. The summed E-state index contributed by atoms with van der Waals surface area (Å²) in [5, 5.41) is 4.19. The molecule has 0 saturated carbocycles. The third-order valence-electron chi connectivity index (χ3n) is 4.00. The van der Waals surface area contributed by atoms with E-state index in [-0.39, 0.29) is 5.91 Å². The number of amides is 1. The number of hydrogen-bond donors (Lipinski definition) is 2. The van der Waals surface area contributed by atoms with Gasteiger partial charge in [-0.25, -0.2) is 0 Å². The van der Waals surface area contributed by atoms with Gasteiger partial charge >= 0.3 is 0 Å². The number of aryl methyl sites for hydroxylation is 2. The lowest BCUT2D eigenvalue weighted by molar-refractivity contribution is -0.121. The topological polar surface area (TPSA) is 44.9 Å². The summed E-state index contributed by atoms with van der Waals surface area (Å²) < 4.78 is 0. The lowest BCUT2D eigenvalue weighted by atomic mass is 10.1. The van der Waals surface area contributed by atoms with Crippen molar-refractivity contribution in [3.05, 3.63) is 71.4 Å². The maximum Gasteiger partial charge on any atom is 0.220 e. The molecule has 0 fully saturated rings. The van der Waals surface area contributed by atoms with E-state index in [0.29, 0.717) is 13.0 Å². The van der Waals surface area contributed by atoms with Crippen LogP contribution in [0.5, 0.6) is 0 Å². The van der Waals surface area contributed by atoms with Crippen LogP contribution in [0.2, 0.25) is 0 Å². The van der Waals surface area contributed by atoms with Gasteiger partial charge in [0.25, 0.3) is 0 Å². The van der Waals surface area contributed by atoms with Crippen molar-refractivity contribution in [1.29, 1.82) is 0 Å². The van der Waals surface area contributed by atoms with Gasteiger partial charge in [0.05, 0.1) is 0 Å². The summed E-state index contributed by atoms with van der Waals surface area (Å²) >= 11 is 0. The van der Waals surface area contributed by atoms with Gasteiger partial charge in [-0.1, -0.05) is 30.3 Å². The van der Waals surface area contributed by atoms with E-state index in [1.165, 1.54) is 22.1 Å². The lowest BCUT2D eigenvalue weighted by Gasteiger charge is -2.08. The van der Waals surface area contributed by atoms with Gasteiger partial charge in [0.15, 0.2) is 0 Å². The highest BCUT2D eigenvalue weighted by atomic mass is 16.1. The zero-order valence-electron chi connectivity index (χ0n) is 12.7. The average molecular weight is 292 g/mol. The molecule has 3 aromatic rings. The SMILES string of the molecule is Cc1ccccc1CNC(=O)CCc1ccc2[nH]ccc2c1. The third kappa shape index (κ3) is 3.37. The van der Waals surface area contributed by atoms with Crippen molar-refractivity contribution >= 4 is 16.8 Å². The number of hydrogen-bond acceptors (Lipinski definition) is 1. The van der Waals surface area contributed by atoms with Crippen LogP contribution in [-0.4, -0.2) is 10.9 Å². The second-order valence-corrected chi connectivity index (χ2v) is 5.60. The Bertz CT molecular complexity index is 789. The summed E-state index contributed by atoms with van der Waals surface area (Å²) in [5.41, 5.74) is 4.70. The Morgan fingerprint density at radius 1 is 1.14 bits per heavy atom. The summed E-state index contributed by atoms with van der Waals surface area (Å²) in [4.78, 5) is 15.2. The van der Waals surface area contributed by atoms with Crippen LogP contribution >= 0.6 is 0 Å². The van der Waals surface area contributed by atoms with Crippen LogP contribution in [0.15, 0.2) is 54.7 Å². The van der Waals surface area contributed by atoms with E-state index in [2.05, 4.69) is 53.6 Å². The summed E-state index contributed by atoms with van der Waals surface area (Å²) in [6.07, 6.45) is 3.21. The number of carbonyl (C=O) groups is 1. The first-order valence-corrected chi connectivity index (χ1v) is 7.59. The first-order chi connectivity index (χ1) is 10.7. The van der Waals surface area contributed by atoms with Crippen molar-refractivity contribution in [3.8, 4) is 0 Å². The van der Waals surface area contributed by atoms with Crippen LogP contribution in [0.4, 0.5) is 0 Å². The molecule has 0 atom stereocenters. The molecule has 0 saturated heterocycles. The Morgan fingerprint density at radius 2 is 2.00 bits per heavy atom. The Balaban J connectivity index is 1.52. The van der Waals surface area contributed by atoms with Gasteiger partial charge in [-0.3, -0.25) is 4.79 Å². The van der Waals surface area contributed by atoms with E-state index in [1.54, 1.807) is 0 Å². The fraction of sp³-hybridized carbons (Fsp3) is 0.211. The second-order valence-electron chi connectivity index (χ2n) is 5.60. The minimum atomic E-state index is 0.0948. The molecule has 0 spiro atoms. The van der Waals surface area contributed by atoms with E-state index >= 15 is 0 Å². The molecule has 22 heavy (non-hydrogen) atoms. The van der Waals surface area contributed by atoms with Crippen molar-refractivity contribution in [2.75, 3.05) is 0 Å². The molecule has 0 bridgehead atoms. The monoisotopic (exact) mass is 292 g/mol. The highest BCUT2D eigenvalue weighted by Gasteiger charge is 2.04. The number of rotatable bonds is 5. The zero-order chi connectivity index (χ0) is 15.4. The number of nitrogens with one attached hydrogen (secondary N) is 2. The average Bonchev–Trinajstić information content (AvgIpc) is 2.99. The number of aromatic nitrogens is 1. The number of carbonyl (C=O) groups excluding carboxylic acids is 1. The molecule has 3 rings (SSSR count). The number of H-pyrrole nitrogens is 1. The fourth-order valence-corrected chi connectivity index (χ4v) is 2.61. The van der Waals surface area contributed by atoms with Crippen LogP contribution in [0.25, 0.3) is 10.9 Å². The molecule has 2 aromatic carbocycles. The van der Waals surface area contributed by atoms with Gasteiger partial charge in [0.1, 0.15) is 0 Å². The maximum absolute atomic E-state index is 12.0. The second kappa shape index (κ2) is 6.48.